The van der Waals surface area contributed by atoms with Crippen molar-refractivity contribution in [3.63, 3.8) is 0 Å². The number of carbonyl (C=O) groups is 4. The fraction of sp³-hybridized carbons (Fsp3) is 0.364. The van der Waals surface area contributed by atoms with Gasteiger partial charge in [-0.25, -0.2) is 9.59 Å². The number of H-pyrrole nitrogens is 2. The topological polar surface area (TPSA) is 369 Å². The number of aromatic nitrogens is 2. The van der Waals surface area contributed by atoms with Crippen molar-refractivity contribution >= 4 is 57.1 Å². The number of aromatic hydroxyl groups is 2. The molecule has 8 atom stereocenters. The lowest BCUT2D eigenvalue weighted by Gasteiger charge is -2.47. The van der Waals surface area contributed by atoms with Gasteiger partial charge >= 0.3 is 23.8 Å². The van der Waals surface area contributed by atoms with Crippen molar-refractivity contribution < 1.29 is 90.8 Å². The van der Waals surface area contributed by atoms with Crippen molar-refractivity contribution in [3.05, 3.63) is 137 Å². The van der Waals surface area contributed by atoms with Crippen LogP contribution in [0.4, 0.5) is 11.4 Å². The lowest BCUT2D eigenvalue weighted by atomic mass is 9.89. The number of carbonyl (C=O) groups excluding carboxylic acids is 4. The highest BCUT2D eigenvalue weighted by atomic mass is 16.7. The number of aryl methyl sites for hydroxylation is 4. The number of ether oxygens (including phenoxy) is 8. The fourth-order valence-electron chi connectivity index (χ4n) is 9.74. The van der Waals surface area contributed by atoms with Gasteiger partial charge in [-0.05, 0) is 104 Å². The predicted molar refractivity (Wildman–Crippen MR) is 281 cm³/mol. The molecule has 2 aromatic carbocycles. The summed E-state index contributed by atoms with van der Waals surface area (Å²) in [5, 5.41) is 48.8. The Morgan fingerprint density at radius 3 is 1.30 bits per heavy atom. The predicted octanol–water partition coefficient (Wildman–Crippen LogP) is 4.89. The van der Waals surface area contributed by atoms with Gasteiger partial charge in [-0.3, -0.25) is 24.0 Å². The van der Waals surface area contributed by atoms with Gasteiger partial charge in [0.1, 0.15) is 46.3 Å². The normalized spacial score (nSPS) is 22.2. The van der Waals surface area contributed by atoms with Crippen molar-refractivity contribution in [1.82, 2.24) is 9.97 Å². The Hall–Kier alpha value is -8.79. The van der Waals surface area contributed by atoms with E-state index < -0.39 is 135 Å². The highest BCUT2D eigenvalue weighted by molar-refractivity contribution is 6.06. The van der Waals surface area contributed by atoms with Crippen molar-refractivity contribution in [2.45, 2.75) is 116 Å². The van der Waals surface area contributed by atoms with Crippen LogP contribution >= 0.6 is 0 Å². The summed E-state index contributed by atoms with van der Waals surface area (Å²) in [7, 11) is 2.72. The average molecular weight is 1130 g/mol. The van der Waals surface area contributed by atoms with Crippen LogP contribution in [0.3, 0.4) is 0 Å². The molecule has 2 aliphatic heterocycles. The number of benzene rings is 2. The molecular formula is C55H56N4O22. The smallest absolute Gasteiger partial charge is 0.355 e. The Morgan fingerprint density at radius 2 is 0.951 bits per heavy atom. The van der Waals surface area contributed by atoms with Gasteiger partial charge in [0.25, 0.3) is 11.8 Å². The van der Waals surface area contributed by atoms with Crippen molar-refractivity contribution in [3.8, 4) is 23.4 Å². The van der Waals surface area contributed by atoms with Gasteiger partial charge in [0, 0.05) is 48.9 Å². The summed E-state index contributed by atoms with van der Waals surface area (Å²) in [6.07, 6.45) is -10.7. The summed E-state index contributed by atoms with van der Waals surface area (Å²) in [5.41, 5.74) is -5.47. The second-order valence-corrected chi connectivity index (χ2v) is 20.3. The maximum atomic E-state index is 13.8. The Kier molecular flexibility index (Phi) is 15.2. The molecule has 2 saturated heterocycles. The minimum Gasteiger partial charge on any atom is -0.479 e. The quantitative estimate of drug-likeness (QED) is 0.0672. The van der Waals surface area contributed by atoms with Crippen LogP contribution in [0.15, 0.2) is 88.3 Å². The van der Waals surface area contributed by atoms with Gasteiger partial charge in [0.05, 0.1) is 22.0 Å². The number of esters is 2. The Labute approximate surface area is 457 Å². The van der Waals surface area contributed by atoms with Crippen LogP contribution in [0.5, 0.6) is 23.4 Å². The first-order valence-electron chi connectivity index (χ1n) is 24.9. The minimum absolute atomic E-state index is 0.00156. The molecule has 7 heterocycles. The molecule has 2 aliphatic rings. The van der Waals surface area contributed by atoms with Crippen LogP contribution < -0.4 is 36.4 Å². The molecule has 8 unspecified atom stereocenters. The van der Waals surface area contributed by atoms with E-state index in [0.29, 0.717) is 23.5 Å². The van der Waals surface area contributed by atoms with Crippen LogP contribution in [-0.4, -0.2) is 129 Å². The number of nitrogens with one attached hydrogen (secondary N) is 4. The van der Waals surface area contributed by atoms with E-state index in [9.17, 15) is 54.0 Å². The number of fused-ring (bicyclic) bond motifs is 2. The molecule has 81 heavy (non-hydrogen) atoms. The summed E-state index contributed by atoms with van der Waals surface area (Å²) in [6, 6.07) is 12.9. The SMILES string of the molecule is COC1C(OC(=O)c2ccc(C)[nH]2)C(O)C(Oc2ccc3c(=O)c(NC(=O)c4cc(=O)cc(C(=O)Nc5c(O)oc6c(C)c(OC7OC(C)(C)C(OC)C(OC(=O)c8ccc(C)[nH]8)C7O)ccc6c5=O)o4)c(O)oc3c2C)OC1(C)C. The van der Waals surface area contributed by atoms with E-state index in [2.05, 4.69) is 20.6 Å². The molecule has 9 rings (SSSR count). The highest BCUT2D eigenvalue weighted by Gasteiger charge is 2.55. The zero-order valence-electron chi connectivity index (χ0n) is 45.0. The van der Waals surface area contributed by atoms with E-state index in [1.165, 1.54) is 64.5 Å². The third-order valence-corrected chi connectivity index (χ3v) is 13.8. The lowest BCUT2D eigenvalue weighted by molar-refractivity contribution is -0.305. The number of rotatable bonds is 14. The van der Waals surface area contributed by atoms with Crippen LogP contribution in [0, 0.1) is 27.7 Å². The van der Waals surface area contributed by atoms with Gasteiger partial charge in [0.2, 0.25) is 23.4 Å². The number of aromatic amines is 2. The number of anilines is 2. The molecule has 26 heteroatoms. The van der Waals surface area contributed by atoms with E-state index in [1.54, 1.807) is 53.7 Å². The molecule has 7 aromatic rings. The zero-order chi connectivity index (χ0) is 58.7. The van der Waals surface area contributed by atoms with Gasteiger partial charge in [0.15, 0.2) is 52.7 Å². The molecule has 428 valence electrons. The number of aliphatic hydroxyl groups excluding tert-OH is 2. The van der Waals surface area contributed by atoms with Gasteiger partial charge in [-0.15, -0.1) is 0 Å². The summed E-state index contributed by atoms with van der Waals surface area (Å²) in [6.45, 7) is 13.0. The first kappa shape index (κ1) is 56.9. The summed E-state index contributed by atoms with van der Waals surface area (Å²) in [4.78, 5) is 99.7. The van der Waals surface area contributed by atoms with Crippen LogP contribution in [-0.2, 0) is 28.4 Å². The second kappa shape index (κ2) is 21.7. The standard InChI is InChI=1S/C55H56N4O22/c1-21-11-15-28(56-21)48(67)78-42-38(63)52(80-54(5,6)44(42)71-9)74-30-17-13-26-36(61)34(50(69)76-40(26)23(30)3)58-46(65)32-19-25(60)20-33(73-32)47(66)59-35-37(62)27-14-18-31(24(4)41(27)77-51(35)70)75-53-39(64)43(45(72-10)55(7,8)81-53)79-49(68)29-16-12-22(2)57-29/h11-20,38-39,42-45,52-53,56-57,63-64,69-70H,1-10H3,(H,58,65)(H,59,66). The molecule has 0 saturated carbocycles. The molecule has 2 fully saturated rings. The summed E-state index contributed by atoms with van der Waals surface area (Å²) < 4.78 is 63.6. The molecule has 26 nitrogen and oxygen atoms in total. The van der Waals surface area contributed by atoms with E-state index >= 15 is 0 Å². The first-order valence-corrected chi connectivity index (χ1v) is 24.9. The van der Waals surface area contributed by atoms with Crippen molar-refractivity contribution in [2.24, 2.45) is 0 Å². The van der Waals surface area contributed by atoms with E-state index in [1.807, 2.05) is 0 Å². The van der Waals surface area contributed by atoms with Crippen LogP contribution in [0.2, 0.25) is 0 Å². The number of hydrogen-bond donors (Lipinski definition) is 8. The zero-order valence-corrected chi connectivity index (χ0v) is 45.0. The largest absolute Gasteiger partial charge is 0.479 e. The third kappa shape index (κ3) is 10.9. The monoisotopic (exact) mass is 1120 g/mol. The number of aliphatic hydroxyl groups is 2. The molecule has 8 N–H and O–H groups in total. The molecular weight excluding hydrogens is 1070 g/mol. The van der Waals surface area contributed by atoms with Crippen LogP contribution in [0.1, 0.15) is 92.3 Å². The minimum atomic E-state index is -1.62. The second-order valence-electron chi connectivity index (χ2n) is 20.3. The number of amides is 2. The Bertz CT molecular complexity index is 3590. The highest BCUT2D eigenvalue weighted by Crippen LogP contribution is 2.40. The molecule has 0 aliphatic carbocycles. The van der Waals surface area contributed by atoms with Crippen molar-refractivity contribution in [2.75, 3.05) is 24.9 Å². The van der Waals surface area contributed by atoms with Gasteiger partial charge in [-0.1, -0.05) is 0 Å². The van der Waals surface area contributed by atoms with E-state index in [4.69, 9.17) is 51.1 Å². The van der Waals surface area contributed by atoms with Crippen LogP contribution in [0.25, 0.3) is 21.9 Å². The lowest BCUT2D eigenvalue weighted by Crippen LogP contribution is -2.65. The molecule has 0 radical (unpaired) electrons. The molecule has 0 spiro atoms. The molecule has 0 bridgehead atoms. The maximum Gasteiger partial charge on any atom is 0.355 e. The van der Waals surface area contributed by atoms with Gasteiger partial charge in [-0.2, -0.15) is 0 Å². The number of hydrogen-bond acceptors (Lipinski definition) is 22. The van der Waals surface area contributed by atoms with E-state index in [0.717, 1.165) is 0 Å². The molecule has 5 aromatic heterocycles. The summed E-state index contributed by atoms with van der Waals surface area (Å²) in [5.74, 6) is -8.09. The Balaban J connectivity index is 0.902. The fourth-order valence-corrected chi connectivity index (χ4v) is 9.74. The van der Waals surface area contributed by atoms with Gasteiger partial charge < -0.3 is 92.2 Å². The van der Waals surface area contributed by atoms with Crippen molar-refractivity contribution in [1.29, 1.82) is 0 Å². The third-order valence-electron chi connectivity index (χ3n) is 13.8. The Morgan fingerprint density at radius 1 is 0.568 bits per heavy atom. The summed E-state index contributed by atoms with van der Waals surface area (Å²) >= 11 is 0. The molecule has 2 amide bonds. The maximum absolute atomic E-state index is 13.8. The first-order chi connectivity index (χ1) is 38.2. The number of methoxy groups -OCH3 is 2. The average Bonchev–Trinajstić information content (AvgIpc) is 4.21. The van der Waals surface area contributed by atoms with E-state index in [-0.39, 0.29) is 56.0 Å².